The van der Waals surface area contributed by atoms with Gasteiger partial charge in [-0.15, -0.1) is 11.3 Å². The van der Waals surface area contributed by atoms with Crippen LogP contribution in [-0.4, -0.2) is 23.7 Å². The number of carbonyl (C=O) groups excluding carboxylic acids is 1. The van der Waals surface area contributed by atoms with Gasteiger partial charge < -0.3 is 10.4 Å². The van der Waals surface area contributed by atoms with Crippen molar-refractivity contribution in [2.45, 2.75) is 44.6 Å². The molecule has 0 saturated heterocycles. The van der Waals surface area contributed by atoms with Crippen molar-refractivity contribution < 1.29 is 9.90 Å². The molecule has 0 bridgehead atoms. The predicted octanol–water partition coefficient (Wildman–Crippen LogP) is 2.81. The molecule has 3 nitrogen and oxygen atoms in total. The molecule has 0 spiro atoms. The number of hydrogen-bond donors (Lipinski definition) is 2. The molecule has 1 atom stereocenters. The van der Waals surface area contributed by atoms with E-state index in [0.717, 1.165) is 4.88 Å². The molecule has 18 heavy (non-hydrogen) atoms. The lowest BCUT2D eigenvalue weighted by Gasteiger charge is -2.30. The summed E-state index contributed by atoms with van der Waals surface area (Å²) in [5, 5.41) is 14.2. The molecule has 1 heterocycles. The van der Waals surface area contributed by atoms with E-state index in [-0.39, 0.29) is 18.6 Å². The maximum atomic E-state index is 12.1. The van der Waals surface area contributed by atoms with Gasteiger partial charge in [-0.25, -0.2) is 0 Å². The number of amides is 1. The summed E-state index contributed by atoms with van der Waals surface area (Å²) in [6.45, 7) is 0.145. The van der Waals surface area contributed by atoms with Crippen LogP contribution >= 0.6 is 11.3 Å². The van der Waals surface area contributed by atoms with Crippen LogP contribution in [0.5, 0.6) is 0 Å². The van der Waals surface area contributed by atoms with Crippen molar-refractivity contribution >= 4 is 17.2 Å². The number of aliphatic hydroxyl groups excluding tert-OH is 1. The molecule has 1 aromatic rings. The first-order valence-corrected chi connectivity index (χ1v) is 7.64. The van der Waals surface area contributed by atoms with Crippen molar-refractivity contribution in [2.24, 2.45) is 5.92 Å². The fourth-order valence-electron chi connectivity index (χ4n) is 2.75. The Morgan fingerprint density at radius 3 is 2.83 bits per heavy atom. The first-order valence-electron chi connectivity index (χ1n) is 6.76. The Labute approximate surface area is 112 Å². The molecule has 1 aliphatic rings. The van der Waals surface area contributed by atoms with Gasteiger partial charge in [-0.05, 0) is 36.6 Å². The molecule has 1 aliphatic carbocycles. The second kappa shape index (κ2) is 6.90. The molecule has 2 rings (SSSR count). The van der Waals surface area contributed by atoms with E-state index in [1.165, 1.54) is 43.4 Å². The minimum atomic E-state index is 0.00836. The lowest BCUT2D eigenvalue weighted by atomic mass is 9.82. The van der Waals surface area contributed by atoms with Gasteiger partial charge >= 0.3 is 0 Å². The van der Waals surface area contributed by atoms with Crippen molar-refractivity contribution in [1.82, 2.24) is 5.32 Å². The van der Waals surface area contributed by atoms with Crippen LogP contribution in [-0.2, 0) is 0 Å². The lowest BCUT2D eigenvalue weighted by molar-refractivity contribution is 0.0904. The smallest absolute Gasteiger partial charge is 0.261 e. The summed E-state index contributed by atoms with van der Waals surface area (Å²) in [5.41, 5.74) is 0. The van der Waals surface area contributed by atoms with E-state index in [9.17, 15) is 4.79 Å². The topological polar surface area (TPSA) is 49.3 Å². The highest BCUT2D eigenvalue weighted by molar-refractivity contribution is 7.12. The zero-order chi connectivity index (χ0) is 12.8. The van der Waals surface area contributed by atoms with E-state index in [0.29, 0.717) is 12.3 Å². The molecule has 1 saturated carbocycles. The second-order valence-electron chi connectivity index (χ2n) is 4.97. The lowest BCUT2D eigenvalue weighted by Crippen LogP contribution is -2.41. The largest absolute Gasteiger partial charge is 0.396 e. The van der Waals surface area contributed by atoms with Gasteiger partial charge in [0.1, 0.15) is 0 Å². The molecular formula is C14H21NO2S. The minimum Gasteiger partial charge on any atom is -0.396 e. The number of nitrogens with one attached hydrogen (secondary N) is 1. The Morgan fingerprint density at radius 2 is 2.22 bits per heavy atom. The fourth-order valence-corrected chi connectivity index (χ4v) is 3.38. The Kier molecular flexibility index (Phi) is 5.20. The van der Waals surface area contributed by atoms with E-state index in [4.69, 9.17) is 5.11 Å². The van der Waals surface area contributed by atoms with Crippen LogP contribution in [0, 0.1) is 5.92 Å². The highest BCUT2D eigenvalue weighted by Crippen LogP contribution is 2.28. The van der Waals surface area contributed by atoms with E-state index in [1.807, 2.05) is 17.5 Å². The molecular weight excluding hydrogens is 246 g/mol. The van der Waals surface area contributed by atoms with Crippen LogP contribution < -0.4 is 5.32 Å². The zero-order valence-corrected chi connectivity index (χ0v) is 11.4. The molecule has 1 unspecified atom stereocenters. The first-order chi connectivity index (χ1) is 8.81. The molecule has 0 radical (unpaired) electrons. The zero-order valence-electron chi connectivity index (χ0n) is 10.6. The standard InChI is InChI=1S/C14H21NO2S/c16-9-8-12(11-5-2-1-3-6-11)15-14(17)13-7-4-10-18-13/h4,7,10-12,16H,1-3,5-6,8-9H2,(H,15,17). The van der Waals surface area contributed by atoms with E-state index in [1.54, 1.807) is 0 Å². The summed E-state index contributed by atoms with van der Waals surface area (Å²) >= 11 is 1.46. The van der Waals surface area contributed by atoms with Gasteiger partial charge in [-0.2, -0.15) is 0 Å². The van der Waals surface area contributed by atoms with Gasteiger partial charge in [0.05, 0.1) is 4.88 Å². The van der Waals surface area contributed by atoms with Crippen molar-refractivity contribution in [3.05, 3.63) is 22.4 Å². The van der Waals surface area contributed by atoms with E-state index >= 15 is 0 Å². The van der Waals surface area contributed by atoms with Crippen molar-refractivity contribution in [2.75, 3.05) is 6.61 Å². The highest BCUT2D eigenvalue weighted by Gasteiger charge is 2.25. The third-order valence-electron chi connectivity index (χ3n) is 3.72. The normalized spacial score (nSPS) is 18.5. The Balaban J connectivity index is 1.94. The molecule has 0 aromatic carbocycles. The van der Waals surface area contributed by atoms with Crippen LogP contribution in [0.3, 0.4) is 0 Å². The summed E-state index contributed by atoms with van der Waals surface area (Å²) < 4.78 is 0. The van der Waals surface area contributed by atoms with Crippen LogP contribution in [0.1, 0.15) is 48.2 Å². The monoisotopic (exact) mass is 267 g/mol. The number of rotatable bonds is 5. The summed E-state index contributed by atoms with van der Waals surface area (Å²) in [5.74, 6) is 0.545. The molecule has 1 fully saturated rings. The maximum absolute atomic E-state index is 12.1. The van der Waals surface area contributed by atoms with Crippen molar-refractivity contribution in [1.29, 1.82) is 0 Å². The number of thiophene rings is 1. The van der Waals surface area contributed by atoms with Gasteiger partial charge in [0, 0.05) is 12.6 Å². The second-order valence-corrected chi connectivity index (χ2v) is 5.92. The summed E-state index contributed by atoms with van der Waals surface area (Å²) in [6.07, 6.45) is 6.83. The fraction of sp³-hybridized carbons (Fsp3) is 0.643. The summed E-state index contributed by atoms with van der Waals surface area (Å²) in [7, 11) is 0. The van der Waals surface area contributed by atoms with Gasteiger partial charge in [0.2, 0.25) is 0 Å². The molecule has 4 heteroatoms. The predicted molar refractivity (Wildman–Crippen MR) is 73.9 cm³/mol. The summed E-state index contributed by atoms with van der Waals surface area (Å²) in [4.78, 5) is 12.8. The van der Waals surface area contributed by atoms with Crippen molar-refractivity contribution in [3.63, 3.8) is 0 Å². The third-order valence-corrected chi connectivity index (χ3v) is 4.59. The molecule has 1 amide bonds. The van der Waals surface area contributed by atoms with Gasteiger partial charge in [0.15, 0.2) is 0 Å². The molecule has 2 N–H and O–H groups in total. The van der Waals surface area contributed by atoms with Crippen LogP contribution in [0.15, 0.2) is 17.5 Å². The third kappa shape index (κ3) is 3.56. The average molecular weight is 267 g/mol. The Hall–Kier alpha value is -0.870. The minimum absolute atomic E-state index is 0.00836. The van der Waals surface area contributed by atoms with Gasteiger partial charge in [0.25, 0.3) is 5.91 Å². The van der Waals surface area contributed by atoms with Crippen LogP contribution in [0.4, 0.5) is 0 Å². The van der Waals surface area contributed by atoms with Crippen LogP contribution in [0.2, 0.25) is 0 Å². The molecule has 100 valence electrons. The van der Waals surface area contributed by atoms with Crippen molar-refractivity contribution in [3.8, 4) is 0 Å². The van der Waals surface area contributed by atoms with Gasteiger partial charge in [-0.3, -0.25) is 4.79 Å². The quantitative estimate of drug-likeness (QED) is 0.862. The number of hydrogen-bond acceptors (Lipinski definition) is 3. The number of aliphatic hydroxyl groups is 1. The van der Waals surface area contributed by atoms with E-state index in [2.05, 4.69) is 5.32 Å². The van der Waals surface area contributed by atoms with Gasteiger partial charge in [-0.1, -0.05) is 25.3 Å². The van der Waals surface area contributed by atoms with E-state index < -0.39 is 0 Å². The Bertz CT molecular complexity index is 358. The first kappa shape index (κ1) is 13.6. The van der Waals surface area contributed by atoms with Crippen LogP contribution in [0.25, 0.3) is 0 Å². The maximum Gasteiger partial charge on any atom is 0.261 e. The molecule has 1 aromatic heterocycles. The average Bonchev–Trinajstić information content (AvgIpc) is 2.93. The number of carbonyl (C=O) groups is 1. The SMILES string of the molecule is O=C(NC(CCO)C1CCCCC1)c1cccs1. The summed E-state index contributed by atoms with van der Waals surface area (Å²) in [6, 6.07) is 3.86. The highest BCUT2D eigenvalue weighted by atomic mass is 32.1. The Morgan fingerprint density at radius 1 is 1.44 bits per heavy atom. The molecule has 0 aliphatic heterocycles.